The number of aromatic amines is 1. The molecule has 2 aromatic rings. The molecule has 3 N–H and O–H groups in total. The van der Waals surface area contributed by atoms with E-state index in [0.717, 1.165) is 37.0 Å². The zero-order valence-electron chi connectivity index (χ0n) is 12.5. The normalized spacial score (nSPS) is 20.4. The molecule has 0 bridgehead atoms. The molecule has 3 heterocycles. The van der Waals surface area contributed by atoms with Crippen molar-refractivity contribution in [3.8, 4) is 0 Å². The van der Waals surface area contributed by atoms with Gasteiger partial charge in [0.2, 0.25) is 0 Å². The first-order valence-electron chi connectivity index (χ1n) is 7.72. The number of benzene rings is 1. The number of fused-ring (bicyclic) bond motifs is 2. The number of aromatic carboxylic acids is 1. The van der Waals surface area contributed by atoms with Gasteiger partial charge in [0.05, 0.1) is 6.04 Å². The smallest absolute Gasteiger partial charge is 0.341 e. The van der Waals surface area contributed by atoms with Crippen LogP contribution >= 0.6 is 0 Å². The SMILES string of the molecule is O=C(O)c1cc2ccc(C3NCCN4CCC=C34)cc2[nH]c1=O. The Labute approximate surface area is 132 Å². The maximum absolute atomic E-state index is 11.9. The standard InChI is InChI=1S/C17H17N3O3/c21-16-12(17(22)23)8-10-3-4-11(9-13(10)19-16)15-14-2-1-6-20(14)7-5-18-15/h2-4,8-9,15,18H,1,5-7H2,(H,19,21)(H,22,23). The summed E-state index contributed by atoms with van der Waals surface area (Å²) >= 11 is 0. The largest absolute Gasteiger partial charge is 0.477 e. The highest BCUT2D eigenvalue weighted by Gasteiger charge is 2.28. The number of H-pyrrole nitrogens is 1. The lowest BCUT2D eigenvalue weighted by molar-refractivity contribution is 0.0695. The predicted molar refractivity (Wildman–Crippen MR) is 86.5 cm³/mol. The lowest BCUT2D eigenvalue weighted by Gasteiger charge is -2.35. The Morgan fingerprint density at radius 3 is 2.96 bits per heavy atom. The number of carbonyl (C=O) groups is 1. The minimum absolute atomic E-state index is 0.123. The van der Waals surface area contributed by atoms with Gasteiger partial charge in [0.25, 0.3) is 5.56 Å². The molecule has 6 heteroatoms. The lowest BCUT2D eigenvalue weighted by atomic mass is 9.99. The lowest BCUT2D eigenvalue weighted by Crippen LogP contribution is -2.42. The van der Waals surface area contributed by atoms with Gasteiger partial charge in [-0.3, -0.25) is 4.79 Å². The summed E-state index contributed by atoms with van der Waals surface area (Å²) in [6.07, 6.45) is 3.33. The molecule has 23 heavy (non-hydrogen) atoms. The monoisotopic (exact) mass is 311 g/mol. The van der Waals surface area contributed by atoms with Crippen molar-refractivity contribution in [2.75, 3.05) is 19.6 Å². The maximum atomic E-state index is 11.9. The average Bonchev–Trinajstić information content (AvgIpc) is 3.02. The molecule has 0 radical (unpaired) electrons. The van der Waals surface area contributed by atoms with Gasteiger partial charge in [-0.25, -0.2) is 4.79 Å². The summed E-state index contributed by atoms with van der Waals surface area (Å²) in [6, 6.07) is 7.34. The van der Waals surface area contributed by atoms with E-state index in [1.165, 1.54) is 11.8 Å². The summed E-state index contributed by atoms with van der Waals surface area (Å²) in [6.45, 7) is 3.02. The molecule has 118 valence electrons. The molecule has 4 rings (SSSR count). The van der Waals surface area contributed by atoms with Crippen molar-refractivity contribution < 1.29 is 9.90 Å². The second-order valence-corrected chi connectivity index (χ2v) is 5.96. The molecule has 1 fully saturated rings. The second-order valence-electron chi connectivity index (χ2n) is 5.96. The van der Waals surface area contributed by atoms with Crippen LogP contribution in [0.3, 0.4) is 0 Å². The predicted octanol–water partition coefficient (Wildman–Crippen LogP) is 1.46. The zero-order valence-corrected chi connectivity index (χ0v) is 12.5. The van der Waals surface area contributed by atoms with E-state index in [-0.39, 0.29) is 11.6 Å². The number of carboxylic acids is 1. The topological polar surface area (TPSA) is 85.4 Å². The molecule has 2 aliphatic heterocycles. The van der Waals surface area contributed by atoms with Crippen molar-refractivity contribution in [1.82, 2.24) is 15.2 Å². The summed E-state index contributed by atoms with van der Waals surface area (Å²) in [5, 5.41) is 13.3. The summed E-state index contributed by atoms with van der Waals surface area (Å²) in [4.78, 5) is 28.0. The fourth-order valence-electron chi connectivity index (χ4n) is 3.46. The molecule has 1 atom stereocenters. The van der Waals surface area contributed by atoms with E-state index >= 15 is 0 Å². The molecule has 0 aliphatic carbocycles. The number of hydrogen-bond donors (Lipinski definition) is 3. The van der Waals surface area contributed by atoms with Gasteiger partial charge >= 0.3 is 5.97 Å². The fourth-order valence-corrected chi connectivity index (χ4v) is 3.46. The first-order chi connectivity index (χ1) is 11.1. The maximum Gasteiger partial charge on any atom is 0.341 e. The number of nitrogens with zero attached hydrogens (tertiary/aromatic N) is 1. The number of hydrogen-bond acceptors (Lipinski definition) is 4. The molecule has 0 spiro atoms. The van der Waals surface area contributed by atoms with Crippen LogP contribution in [0, 0.1) is 0 Å². The third-order valence-electron chi connectivity index (χ3n) is 4.58. The van der Waals surface area contributed by atoms with Gasteiger partial charge < -0.3 is 20.3 Å². The highest BCUT2D eigenvalue weighted by molar-refractivity contribution is 5.92. The summed E-state index contributed by atoms with van der Waals surface area (Å²) in [5.74, 6) is -1.21. The molecule has 0 amide bonds. The molecule has 1 saturated heterocycles. The Morgan fingerprint density at radius 1 is 1.26 bits per heavy atom. The summed E-state index contributed by atoms with van der Waals surface area (Å²) in [5.41, 5.74) is 2.23. The Kier molecular flexibility index (Phi) is 3.20. The summed E-state index contributed by atoms with van der Waals surface area (Å²) < 4.78 is 0. The van der Waals surface area contributed by atoms with Crippen molar-refractivity contribution in [2.45, 2.75) is 12.5 Å². The number of piperazine rings is 1. The van der Waals surface area contributed by atoms with E-state index < -0.39 is 11.5 Å². The van der Waals surface area contributed by atoms with E-state index in [1.54, 1.807) is 0 Å². The number of aromatic nitrogens is 1. The van der Waals surface area contributed by atoms with Gasteiger partial charge in [0.15, 0.2) is 0 Å². The third-order valence-corrected chi connectivity index (χ3v) is 4.58. The van der Waals surface area contributed by atoms with E-state index in [1.807, 2.05) is 18.2 Å². The van der Waals surface area contributed by atoms with Crippen LogP contribution in [0.5, 0.6) is 0 Å². The fraction of sp³-hybridized carbons (Fsp3) is 0.294. The molecular weight excluding hydrogens is 294 g/mol. The Balaban J connectivity index is 1.78. The number of pyridine rings is 1. The molecule has 2 aliphatic rings. The van der Waals surface area contributed by atoms with Crippen molar-refractivity contribution in [3.63, 3.8) is 0 Å². The van der Waals surface area contributed by atoms with E-state index in [2.05, 4.69) is 21.3 Å². The molecule has 1 aromatic carbocycles. The number of nitrogens with one attached hydrogen (secondary N) is 2. The van der Waals surface area contributed by atoms with E-state index in [0.29, 0.717) is 5.52 Å². The molecule has 6 nitrogen and oxygen atoms in total. The van der Waals surface area contributed by atoms with Gasteiger partial charge in [0, 0.05) is 30.8 Å². The van der Waals surface area contributed by atoms with Crippen LogP contribution in [-0.4, -0.2) is 40.6 Å². The number of rotatable bonds is 2. The average molecular weight is 311 g/mol. The highest BCUT2D eigenvalue weighted by atomic mass is 16.4. The van der Waals surface area contributed by atoms with Crippen molar-refractivity contribution >= 4 is 16.9 Å². The van der Waals surface area contributed by atoms with Crippen LogP contribution < -0.4 is 10.9 Å². The van der Waals surface area contributed by atoms with E-state index in [4.69, 9.17) is 5.11 Å². The van der Waals surface area contributed by atoms with Crippen molar-refractivity contribution in [3.05, 3.63) is 57.5 Å². The van der Waals surface area contributed by atoms with Crippen LogP contribution in [-0.2, 0) is 0 Å². The first kappa shape index (κ1) is 14.0. The second kappa shape index (κ2) is 5.24. The number of carboxylic acid groups (broad SMARTS) is 1. The quantitative estimate of drug-likeness (QED) is 0.782. The van der Waals surface area contributed by atoms with Gasteiger partial charge in [-0.15, -0.1) is 0 Å². The van der Waals surface area contributed by atoms with Crippen molar-refractivity contribution in [2.24, 2.45) is 0 Å². The van der Waals surface area contributed by atoms with Crippen LogP contribution in [0.15, 0.2) is 40.8 Å². The molecule has 1 aromatic heterocycles. The minimum Gasteiger partial charge on any atom is -0.477 e. The summed E-state index contributed by atoms with van der Waals surface area (Å²) in [7, 11) is 0. The molecule has 1 unspecified atom stereocenters. The Hall–Kier alpha value is -2.60. The molecule has 0 saturated carbocycles. The van der Waals surface area contributed by atoms with Gasteiger partial charge in [0.1, 0.15) is 5.56 Å². The van der Waals surface area contributed by atoms with Crippen LogP contribution in [0.2, 0.25) is 0 Å². The van der Waals surface area contributed by atoms with Gasteiger partial charge in [-0.2, -0.15) is 0 Å². The third kappa shape index (κ3) is 2.31. The Bertz CT molecular complexity index is 884. The van der Waals surface area contributed by atoms with Gasteiger partial charge in [-0.1, -0.05) is 18.2 Å². The van der Waals surface area contributed by atoms with E-state index in [9.17, 15) is 9.59 Å². The van der Waals surface area contributed by atoms with Crippen LogP contribution in [0.4, 0.5) is 0 Å². The Morgan fingerprint density at radius 2 is 2.13 bits per heavy atom. The van der Waals surface area contributed by atoms with Crippen LogP contribution in [0.25, 0.3) is 10.9 Å². The van der Waals surface area contributed by atoms with Gasteiger partial charge in [-0.05, 0) is 29.5 Å². The molecular formula is C17H17N3O3. The zero-order chi connectivity index (χ0) is 16.0. The highest BCUT2D eigenvalue weighted by Crippen LogP contribution is 2.32. The van der Waals surface area contributed by atoms with Crippen molar-refractivity contribution in [1.29, 1.82) is 0 Å². The van der Waals surface area contributed by atoms with Crippen LogP contribution in [0.1, 0.15) is 28.4 Å². The minimum atomic E-state index is -1.21. The first-order valence-corrected chi connectivity index (χ1v) is 7.72.